The zero-order chi connectivity index (χ0) is 23.5. The highest BCUT2D eigenvalue weighted by Gasteiger charge is 2.25. The molecule has 0 saturated carbocycles. The lowest BCUT2D eigenvalue weighted by atomic mass is 10.1. The van der Waals surface area contributed by atoms with Gasteiger partial charge in [-0.15, -0.1) is 0 Å². The van der Waals surface area contributed by atoms with Gasteiger partial charge in [0.1, 0.15) is 6.04 Å². The molecule has 3 amide bonds. The van der Waals surface area contributed by atoms with E-state index in [0.29, 0.717) is 11.3 Å². The Morgan fingerprint density at radius 3 is 1.97 bits per heavy atom. The second-order valence-corrected chi connectivity index (χ2v) is 6.57. The van der Waals surface area contributed by atoms with Gasteiger partial charge >= 0.3 is 0 Å². The number of anilines is 1. The Bertz CT molecular complexity index is 1090. The van der Waals surface area contributed by atoms with Gasteiger partial charge in [-0.2, -0.15) is 0 Å². The number of hydrogen-bond donors (Lipinski definition) is 6. The first kappa shape index (κ1) is 24.1. The normalized spacial score (nSPS) is 11.5. The SMILES string of the molecule is C[C@@H](O)[C@H](NC(=O)c1ccc(C#CC#Cc2ccc(NC(=O)CN)cc2)cc1)C(=O)NO. The molecule has 0 radical (unpaired) electrons. The number of amides is 3. The summed E-state index contributed by atoms with van der Waals surface area (Å²) < 4.78 is 0. The second-order valence-electron chi connectivity index (χ2n) is 6.57. The number of carbonyl (C=O) groups excluding carboxylic acids is 3. The van der Waals surface area contributed by atoms with Gasteiger partial charge in [-0.05, 0) is 67.3 Å². The molecule has 2 atom stereocenters. The van der Waals surface area contributed by atoms with Crippen molar-refractivity contribution in [3.8, 4) is 23.7 Å². The Kier molecular flexibility index (Phi) is 8.96. The highest BCUT2D eigenvalue weighted by molar-refractivity contribution is 5.97. The maximum atomic E-state index is 12.2. The number of carbonyl (C=O) groups is 3. The second kappa shape index (κ2) is 11.9. The smallest absolute Gasteiger partial charge is 0.268 e. The van der Waals surface area contributed by atoms with Crippen LogP contribution >= 0.6 is 0 Å². The van der Waals surface area contributed by atoms with E-state index in [2.05, 4.69) is 34.3 Å². The third-order valence-corrected chi connectivity index (χ3v) is 4.14. The molecular weight excluding hydrogens is 412 g/mol. The summed E-state index contributed by atoms with van der Waals surface area (Å²) in [5.41, 5.74) is 8.86. The highest BCUT2D eigenvalue weighted by Crippen LogP contribution is 2.08. The van der Waals surface area contributed by atoms with Crippen LogP contribution in [-0.4, -0.2) is 46.7 Å². The van der Waals surface area contributed by atoms with E-state index in [1.165, 1.54) is 24.5 Å². The lowest BCUT2D eigenvalue weighted by Gasteiger charge is -2.19. The van der Waals surface area contributed by atoms with E-state index in [4.69, 9.17) is 10.9 Å². The summed E-state index contributed by atoms with van der Waals surface area (Å²) in [5, 5.41) is 23.2. The third kappa shape index (κ3) is 7.27. The van der Waals surface area contributed by atoms with E-state index in [1.807, 2.05) is 0 Å². The van der Waals surface area contributed by atoms with Crippen LogP contribution in [0.25, 0.3) is 0 Å². The minimum Gasteiger partial charge on any atom is -0.391 e. The minimum atomic E-state index is -1.30. The maximum Gasteiger partial charge on any atom is 0.268 e. The van der Waals surface area contributed by atoms with E-state index in [0.717, 1.165) is 5.56 Å². The fraction of sp³-hybridized carbons (Fsp3) is 0.174. The molecule has 2 rings (SSSR count). The first-order valence-corrected chi connectivity index (χ1v) is 9.49. The molecule has 0 saturated heterocycles. The van der Waals surface area contributed by atoms with Gasteiger partial charge < -0.3 is 21.5 Å². The Balaban J connectivity index is 1.99. The van der Waals surface area contributed by atoms with Gasteiger partial charge in [0, 0.05) is 22.4 Å². The molecule has 0 fully saturated rings. The van der Waals surface area contributed by atoms with Crippen molar-refractivity contribution in [3.05, 3.63) is 65.2 Å². The van der Waals surface area contributed by atoms with Crippen LogP contribution in [0.4, 0.5) is 5.69 Å². The number of rotatable bonds is 6. The molecule has 0 aliphatic rings. The Labute approximate surface area is 185 Å². The Morgan fingerprint density at radius 1 is 0.969 bits per heavy atom. The molecule has 32 heavy (non-hydrogen) atoms. The van der Waals surface area contributed by atoms with Gasteiger partial charge in [0.2, 0.25) is 5.91 Å². The molecule has 0 heterocycles. The van der Waals surface area contributed by atoms with Crippen LogP contribution in [0.1, 0.15) is 28.4 Å². The van der Waals surface area contributed by atoms with Crippen LogP contribution in [0.3, 0.4) is 0 Å². The van der Waals surface area contributed by atoms with E-state index < -0.39 is 24.0 Å². The molecule has 0 spiro atoms. The number of benzene rings is 2. The zero-order valence-corrected chi connectivity index (χ0v) is 17.2. The molecule has 0 unspecified atom stereocenters. The van der Waals surface area contributed by atoms with Gasteiger partial charge in [0.15, 0.2) is 0 Å². The van der Waals surface area contributed by atoms with Crippen molar-refractivity contribution >= 4 is 23.4 Å². The molecule has 164 valence electrons. The molecule has 0 aromatic heterocycles. The van der Waals surface area contributed by atoms with E-state index >= 15 is 0 Å². The summed E-state index contributed by atoms with van der Waals surface area (Å²) in [6.45, 7) is 1.22. The van der Waals surface area contributed by atoms with E-state index in [1.54, 1.807) is 36.4 Å². The fourth-order valence-electron chi connectivity index (χ4n) is 2.46. The van der Waals surface area contributed by atoms with Crippen molar-refractivity contribution in [2.45, 2.75) is 19.1 Å². The molecule has 9 heteroatoms. The predicted molar refractivity (Wildman–Crippen MR) is 117 cm³/mol. The fourth-order valence-corrected chi connectivity index (χ4v) is 2.46. The van der Waals surface area contributed by atoms with Crippen molar-refractivity contribution in [1.29, 1.82) is 0 Å². The van der Waals surface area contributed by atoms with Crippen LogP contribution in [-0.2, 0) is 9.59 Å². The van der Waals surface area contributed by atoms with Gasteiger partial charge in [0.25, 0.3) is 11.8 Å². The number of nitrogens with two attached hydrogens (primary N) is 1. The van der Waals surface area contributed by atoms with Gasteiger partial charge in [-0.25, -0.2) is 5.48 Å². The summed E-state index contributed by atoms with van der Waals surface area (Å²) >= 11 is 0. The first-order chi connectivity index (χ1) is 15.3. The summed E-state index contributed by atoms with van der Waals surface area (Å²) in [6.07, 6.45) is -1.20. The van der Waals surface area contributed by atoms with E-state index in [-0.39, 0.29) is 18.0 Å². The van der Waals surface area contributed by atoms with Gasteiger partial charge in [0.05, 0.1) is 12.6 Å². The Morgan fingerprint density at radius 2 is 1.50 bits per heavy atom. The molecule has 0 aliphatic heterocycles. The molecule has 2 aromatic carbocycles. The number of hydrogen-bond acceptors (Lipinski definition) is 6. The van der Waals surface area contributed by atoms with Crippen LogP contribution < -0.4 is 21.8 Å². The Hall–Kier alpha value is -4.15. The zero-order valence-electron chi connectivity index (χ0n) is 17.2. The number of nitrogens with one attached hydrogen (secondary N) is 3. The van der Waals surface area contributed by atoms with Crippen LogP contribution in [0, 0.1) is 23.7 Å². The molecule has 2 aromatic rings. The van der Waals surface area contributed by atoms with Gasteiger partial charge in [-0.3, -0.25) is 19.6 Å². The summed E-state index contributed by atoms with van der Waals surface area (Å²) in [7, 11) is 0. The van der Waals surface area contributed by atoms with Crippen molar-refractivity contribution in [2.24, 2.45) is 5.73 Å². The standard InChI is InChI=1S/C23H22N4O5/c1-15(28)21(23(31)27-32)26-22(30)18-10-6-16(7-11-18)4-2-3-5-17-8-12-19(13-9-17)25-20(29)14-24/h6-13,15,21,28,32H,14,24H2,1H3,(H,25,29)(H,26,30)(H,27,31)/t15-,21+/m1/s1. The lowest BCUT2D eigenvalue weighted by molar-refractivity contribution is -0.133. The number of aliphatic hydroxyl groups is 1. The number of hydroxylamine groups is 1. The third-order valence-electron chi connectivity index (χ3n) is 4.14. The predicted octanol–water partition coefficient (Wildman–Crippen LogP) is -0.0284. The average Bonchev–Trinajstić information content (AvgIpc) is 2.80. The van der Waals surface area contributed by atoms with Crippen molar-refractivity contribution in [3.63, 3.8) is 0 Å². The van der Waals surface area contributed by atoms with Gasteiger partial charge in [-0.1, -0.05) is 11.8 Å². The largest absolute Gasteiger partial charge is 0.391 e. The van der Waals surface area contributed by atoms with Crippen molar-refractivity contribution in [1.82, 2.24) is 10.8 Å². The highest BCUT2D eigenvalue weighted by atomic mass is 16.5. The van der Waals surface area contributed by atoms with Crippen LogP contribution in [0.2, 0.25) is 0 Å². The molecule has 7 N–H and O–H groups in total. The first-order valence-electron chi connectivity index (χ1n) is 9.49. The molecular formula is C23H22N4O5. The topological polar surface area (TPSA) is 154 Å². The number of aliphatic hydroxyl groups excluding tert-OH is 1. The maximum absolute atomic E-state index is 12.2. The quantitative estimate of drug-likeness (QED) is 0.213. The lowest BCUT2D eigenvalue weighted by Crippen LogP contribution is -2.51. The van der Waals surface area contributed by atoms with Crippen LogP contribution in [0.5, 0.6) is 0 Å². The summed E-state index contributed by atoms with van der Waals surface area (Å²) in [5.74, 6) is 9.36. The van der Waals surface area contributed by atoms with Crippen molar-refractivity contribution in [2.75, 3.05) is 11.9 Å². The summed E-state index contributed by atoms with van der Waals surface area (Å²) in [4.78, 5) is 35.0. The minimum absolute atomic E-state index is 0.0912. The van der Waals surface area contributed by atoms with Crippen molar-refractivity contribution < 1.29 is 24.7 Å². The van der Waals surface area contributed by atoms with Crippen LogP contribution in [0.15, 0.2) is 48.5 Å². The molecule has 0 aliphatic carbocycles. The average molecular weight is 434 g/mol. The van der Waals surface area contributed by atoms with E-state index in [9.17, 15) is 19.5 Å². The monoisotopic (exact) mass is 434 g/mol. The summed E-state index contributed by atoms with van der Waals surface area (Å²) in [6, 6.07) is 11.9. The molecule has 0 bridgehead atoms. The molecule has 9 nitrogen and oxygen atoms in total.